The summed E-state index contributed by atoms with van der Waals surface area (Å²) in [5.41, 5.74) is -0.927. The molecule has 0 aliphatic heterocycles. The van der Waals surface area contributed by atoms with E-state index in [0.29, 0.717) is 19.3 Å². The van der Waals surface area contributed by atoms with E-state index in [1.165, 1.54) is 7.11 Å². The summed E-state index contributed by atoms with van der Waals surface area (Å²) >= 11 is 0. The van der Waals surface area contributed by atoms with Gasteiger partial charge in [-0.25, -0.2) is 4.79 Å². The molecule has 0 aromatic heterocycles. The normalized spacial score (nSPS) is 18.4. The molecule has 1 unspecified atom stereocenters. The van der Waals surface area contributed by atoms with Gasteiger partial charge in [-0.15, -0.1) is 0 Å². The van der Waals surface area contributed by atoms with Crippen LogP contribution in [0.3, 0.4) is 0 Å². The highest BCUT2D eigenvalue weighted by atomic mass is 16.5. The summed E-state index contributed by atoms with van der Waals surface area (Å²) in [6.45, 7) is 3.93. The minimum atomic E-state index is -0.927. The Balaban J connectivity index is 2.68. The zero-order chi connectivity index (χ0) is 13.8. The van der Waals surface area contributed by atoms with Crippen molar-refractivity contribution in [3.05, 3.63) is 0 Å². The summed E-state index contributed by atoms with van der Waals surface area (Å²) in [6, 6.07) is 1.41. The fourth-order valence-electron chi connectivity index (χ4n) is 2.04. The SMILES string of the molecule is COC(=O)C(CC(C)C)NC(=O)C1(C#N)CCC1. The van der Waals surface area contributed by atoms with Gasteiger partial charge in [0.15, 0.2) is 0 Å². The molecule has 5 nitrogen and oxygen atoms in total. The lowest BCUT2D eigenvalue weighted by molar-refractivity contribution is -0.147. The van der Waals surface area contributed by atoms with E-state index in [1.54, 1.807) is 0 Å². The van der Waals surface area contributed by atoms with Crippen LogP contribution in [0.25, 0.3) is 0 Å². The van der Waals surface area contributed by atoms with Crippen molar-refractivity contribution in [3.63, 3.8) is 0 Å². The van der Waals surface area contributed by atoms with Gasteiger partial charge >= 0.3 is 5.97 Å². The van der Waals surface area contributed by atoms with Gasteiger partial charge in [0.1, 0.15) is 11.5 Å². The average molecular weight is 252 g/mol. The molecule has 0 bridgehead atoms. The number of ether oxygens (including phenoxy) is 1. The van der Waals surface area contributed by atoms with Crippen molar-refractivity contribution in [1.82, 2.24) is 5.32 Å². The molecule has 1 atom stereocenters. The van der Waals surface area contributed by atoms with Crippen molar-refractivity contribution >= 4 is 11.9 Å². The second-order valence-corrected chi connectivity index (χ2v) is 5.23. The summed E-state index contributed by atoms with van der Waals surface area (Å²) < 4.78 is 4.68. The van der Waals surface area contributed by atoms with Crippen LogP contribution in [0.5, 0.6) is 0 Å². The van der Waals surface area contributed by atoms with Crippen molar-refractivity contribution in [1.29, 1.82) is 5.26 Å². The number of carbonyl (C=O) groups excluding carboxylic acids is 2. The first-order chi connectivity index (χ1) is 8.45. The third-order valence-electron chi connectivity index (χ3n) is 3.35. The summed E-state index contributed by atoms with van der Waals surface area (Å²) in [5.74, 6) is -0.536. The molecule has 100 valence electrons. The maximum Gasteiger partial charge on any atom is 0.328 e. The van der Waals surface area contributed by atoms with E-state index in [-0.39, 0.29) is 11.8 Å². The van der Waals surface area contributed by atoms with Gasteiger partial charge in [-0.1, -0.05) is 13.8 Å². The second-order valence-electron chi connectivity index (χ2n) is 5.23. The number of hydrogen-bond donors (Lipinski definition) is 1. The van der Waals surface area contributed by atoms with Crippen LogP contribution in [-0.4, -0.2) is 25.0 Å². The van der Waals surface area contributed by atoms with E-state index in [0.717, 1.165) is 6.42 Å². The van der Waals surface area contributed by atoms with Crippen LogP contribution in [0.4, 0.5) is 0 Å². The number of nitrogens with zero attached hydrogens (tertiary/aromatic N) is 1. The Morgan fingerprint density at radius 2 is 2.06 bits per heavy atom. The molecule has 1 saturated carbocycles. The molecule has 1 aliphatic rings. The standard InChI is InChI=1S/C13H20N2O3/c1-9(2)7-10(11(16)18-3)15-12(17)13(8-14)5-4-6-13/h9-10H,4-7H2,1-3H3,(H,15,17). The maximum absolute atomic E-state index is 12.0. The third-order valence-corrected chi connectivity index (χ3v) is 3.35. The molecule has 18 heavy (non-hydrogen) atoms. The van der Waals surface area contributed by atoms with Crippen molar-refractivity contribution in [2.45, 2.75) is 45.6 Å². The van der Waals surface area contributed by atoms with Crippen molar-refractivity contribution in [2.24, 2.45) is 11.3 Å². The van der Waals surface area contributed by atoms with Crippen LogP contribution in [0.2, 0.25) is 0 Å². The van der Waals surface area contributed by atoms with Crippen molar-refractivity contribution < 1.29 is 14.3 Å². The molecule has 0 aromatic carbocycles. The van der Waals surface area contributed by atoms with E-state index in [1.807, 2.05) is 13.8 Å². The molecule has 0 aromatic rings. The summed E-state index contributed by atoms with van der Waals surface area (Å²) in [4.78, 5) is 23.6. The summed E-state index contributed by atoms with van der Waals surface area (Å²) in [7, 11) is 1.30. The van der Waals surface area contributed by atoms with Crippen LogP contribution in [-0.2, 0) is 14.3 Å². The molecule has 1 rings (SSSR count). The number of rotatable bonds is 5. The first-order valence-corrected chi connectivity index (χ1v) is 6.25. The topological polar surface area (TPSA) is 79.2 Å². The van der Waals surface area contributed by atoms with Gasteiger partial charge in [0.2, 0.25) is 5.91 Å². The number of methoxy groups -OCH3 is 1. The molecular weight excluding hydrogens is 232 g/mol. The highest BCUT2D eigenvalue weighted by Crippen LogP contribution is 2.40. The monoisotopic (exact) mass is 252 g/mol. The largest absolute Gasteiger partial charge is 0.467 e. The van der Waals surface area contributed by atoms with E-state index in [2.05, 4.69) is 16.1 Å². The van der Waals surface area contributed by atoms with Crippen LogP contribution in [0, 0.1) is 22.7 Å². The molecule has 0 spiro atoms. The van der Waals surface area contributed by atoms with Gasteiger partial charge in [-0.3, -0.25) is 4.79 Å². The molecule has 1 aliphatic carbocycles. The Labute approximate surface area is 107 Å². The Morgan fingerprint density at radius 3 is 2.39 bits per heavy atom. The highest BCUT2D eigenvalue weighted by Gasteiger charge is 2.45. The number of amides is 1. The van der Waals surface area contributed by atoms with Gasteiger partial charge in [0.05, 0.1) is 13.2 Å². The fraction of sp³-hybridized carbons (Fsp3) is 0.769. The van der Waals surface area contributed by atoms with Gasteiger partial charge in [-0.05, 0) is 31.6 Å². The molecular formula is C13H20N2O3. The third kappa shape index (κ3) is 3.00. The Morgan fingerprint density at radius 1 is 1.44 bits per heavy atom. The van der Waals surface area contributed by atoms with Crippen LogP contribution >= 0.6 is 0 Å². The number of hydrogen-bond acceptors (Lipinski definition) is 4. The molecule has 1 amide bonds. The average Bonchev–Trinajstić information content (AvgIpc) is 2.25. The quantitative estimate of drug-likeness (QED) is 0.750. The lowest BCUT2D eigenvalue weighted by Gasteiger charge is -2.34. The van der Waals surface area contributed by atoms with Crippen LogP contribution < -0.4 is 5.32 Å². The molecule has 1 N–H and O–H groups in total. The van der Waals surface area contributed by atoms with Crippen LogP contribution in [0.15, 0.2) is 0 Å². The van der Waals surface area contributed by atoms with E-state index in [9.17, 15) is 9.59 Å². The summed E-state index contributed by atoms with van der Waals surface area (Å²) in [6.07, 6.45) is 2.55. The molecule has 0 saturated heterocycles. The van der Waals surface area contributed by atoms with Crippen molar-refractivity contribution in [3.8, 4) is 6.07 Å². The molecule has 0 radical (unpaired) electrons. The predicted octanol–water partition coefficient (Wildman–Crippen LogP) is 1.38. The number of nitrogens with one attached hydrogen (secondary N) is 1. The lowest BCUT2D eigenvalue weighted by Crippen LogP contribution is -2.51. The van der Waals surface area contributed by atoms with E-state index < -0.39 is 17.4 Å². The minimum absolute atomic E-state index is 0.258. The molecule has 1 fully saturated rings. The second kappa shape index (κ2) is 5.85. The Bertz CT molecular complexity index is 367. The van der Waals surface area contributed by atoms with Gasteiger partial charge < -0.3 is 10.1 Å². The smallest absolute Gasteiger partial charge is 0.328 e. The van der Waals surface area contributed by atoms with Crippen molar-refractivity contribution in [2.75, 3.05) is 7.11 Å². The number of nitriles is 1. The molecule has 5 heteroatoms. The van der Waals surface area contributed by atoms with Gasteiger partial charge in [0.25, 0.3) is 0 Å². The number of esters is 1. The summed E-state index contributed by atoms with van der Waals surface area (Å²) in [5, 5.41) is 11.7. The number of carbonyl (C=O) groups is 2. The first-order valence-electron chi connectivity index (χ1n) is 6.25. The fourth-order valence-corrected chi connectivity index (χ4v) is 2.04. The zero-order valence-electron chi connectivity index (χ0n) is 11.2. The van der Waals surface area contributed by atoms with Crippen LogP contribution in [0.1, 0.15) is 39.5 Å². The van der Waals surface area contributed by atoms with E-state index >= 15 is 0 Å². The predicted molar refractivity (Wildman–Crippen MR) is 65.3 cm³/mol. The van der Waals surface area contributed by atoms with Gasteiger partial charge in [-0.2, -0.15) is 5.26 Å². The van der Waals surface area contributed by atoms with Gasteiger partial charge in [0, 0.05) is 0 Å². The first kappa shape index (κ1) is 14.5. The highest BCUT2D eigenvalue weighted by molar-refractivity contribution is 5.90. The maximum atomic E-state index is 12.0. The Hall–Kier alpha value is -1.57. The minimum Gasteiger partial charge on any atom is -0.467 e. The Kier molecular flexibility index (Phi) is 4.71. The lowest BCUT2D eigenvalue weighted by atomic mass is 9.69. The zero-order valence-corrected chi connectivity index (χ0v) is 11.2. The molecule has 0 heterocycles. The van der Waals surface area contributed by atoms with E-state index in [4.69, 9.17) is 5.26 Å².